The van der Waals surface area contributed by atoms with E-state index < -0.39 is 0 Å². The van der Waals surface area contributed by atoms with E-state index in [4.69, 9.17) is 0 Å². The average molecular weight is 288 g/mol. The molecule has 2 aromatic heterocycles. The van der Waals surface area contributed by atoms with Gasteiger partial charge in [0, 0.05) is 12.1 Å². The molecular formula is C16H20N2OS. The second-order valence-electron chi connectivity index (χ2n) is 4.96. The fourth-order valence-electron chi connectivity index (χ4n) is 2.20. The van der Waals surface area contributed by atoms with Crippen LogP contribution in [-0.2, 0) is 11.3 Å². The third-order valence-corrected chi connectivity index (χ3v) is 4.02. The van der Waals surface area contributed by atoms with Gasteiger partial charge in [0.05, 0.1) is 18.4 Å². The Morgan fingerprint density at radius 2 is 2.30 bits per heavy atom. The molecule has 3 nitrogen and oxygen atoms in total. The van der Waals surface area contributed by atoms with Gasteiger partial charge in [0.25, 0.3) is 0 Å². The Morgan fingerprint density at radius 1 is 1.45 bits per heavy atom. The second kappa shape index (κ2) is 7.20. The summed E-state index contributed by atoms with van der Waals surface area (Å²) in [6.45, 7) is 4.72. The molecule has 0 bridgehead atoms. The molecule has 1 atom stereocenters. The van der Waals surface area contributed by atoms with Crippen LogP contribution in [0.15, 0.2) is 41.4 Å². The number of rotatable bonds is 6. The van der Waals surface area contributed by atoms with Crippen molar-refractivity contribution in [2.75, 3.05) is 4.90 Å². The van der Waals surface area contributed by atoms with Crippen molar-refractivity contribution in [1.82, 2.24) is 4.98 Å². The van der Waals surface area contributed by atoms with Gasteiger partial charge in [-0.05, 0) is 40.9 Å². The van der Waals surface area contributed by atoms with Crippen molar-refractivity contribution >= 4 is 22.9 Å². The van der Waals surface area contributed by atoms with Gasteiger partial charge in [-0.3, -0.25) is 9.78 Å². The summed E-state index contributed by atoms with van der Waals surface area (Å²) in [5, 5.41) is 4.12. The molecule has 2 aromatic rings. The zero-order valence-corrected chi connectivity index (χ0v) is 12.8. The molecule has 20 heavy (non-hydrogen) atoms. The van der Waals surface area contributed by atoms with Crippen LogP contribution in [0.2, 0.25) is 0 Å². The first-order valence-corrected chi connectivity index (χ1v) is 7.89. The predicted octanol–water partition coefficient (Wildman–Crippen LogP) is 4.11. The highest BCUT2D eigenvalue weighted by Crippen LogP contribution is 2.21. The van der Waals surface area contributed by atoms with Gasteiger partial charge in [0.1, 0.15) is 0 Å². The largest absolute Gasteiger partial charge is 0.306 e. The SMILES string of the molecule is CCCC(C)C(=O)N(Cc1ccsc1)c1cccnc1. The molecule has 0 aromatic carbocycles. The lowest BCUT2D eigenvalue weighted by Gasteiger charge is -2.25. The van der Waals surface area contributed by atoms with Crippen molar-refractivity contribution in [3.05, 3.63) is 46.9 Å². The highest BCUT2D eigenvalue weighted by molar-refractivity contribution is 7.07. The van der Waals surface area contributed by atoms with Crippen LogP contribution in [0, 0.1) is 5.92 Å². The summed E-state index contributed by atoms with van der Waals surface area (Å²) in [7, 11) is 0. The molecule has 0 aliphatic heterocycles. The number of thiophene rings is 1. The maximum absolute atomic E-state index is 12.7. The number of aromatic nitrogens is 1. The minimum Gasteiger partial charge on any atom is -0.306 e. The lowest BCUT2D eigenvalue weighted by atomic mass is 10.0. The lowest BCUT2D eigenvalue weighted by Crippen LogP contribution is -2.34. The van der Waals surface area contributed by atoms with Crippen molar-refractivity contribution < 1.29 is 4.79 Å². The third kappa shape index (κ3) is 3.67. The van der Waals surface area contributed by atoms with E-state index in [1.165, 1.54) is 0 Å². The zero-order chi connectivity index (χ0) is 14.4. The quantitative estimate of drug-likeness (QED) is 0.801. The first-order chi connectivity index (χ1) is 9.72. The number of amides is 1. The standard InChI is InChI=1S/C16H20N2OS/c1-3-5-13(2)16(19)18(11-14-7-9-20-12-14)15-6-4-8-17-10-15/h4,6-10,12-13H,3,5,11H2,1-2H3. The van der Waals surface area contributed by atoms with E-state index in [-0.39, 0.29) is 11.8 Å². The molecule has 0 spiro atoms. The van der Waals surface area contributed by atoms with Crippen molar-refractivity contribution in [3.63, 3.8) is 0 Å². The first kappa shape index (κ1) is 14.7. The Labute approximate surface area is 124 Å². The summed E-state index contributed by atoms with van der Waals surface area (Å²) in [5.74, 6) is 0.213. The van der Waals surface area contributed by atoms with Crippen LogP contribution >= 0.6 is 11.3 Å². The van der Waals surface area contributed by atoms with E-state index in [9.17, 15) is 4.79 Å². The maximum atomic E-state index is 12.7. The molecule has 2 heterocycles. The molecule has 0 aliphatic rings. The summed E-state index contributed by atoms with van der Waals surface area (Å²) >= 11 is 1.65. The van der Waals surface area contributed by atoms with Crippen LogP contribution in [0.1, 0.15) is 32.3 Å². The Bertz CT molecular complexity index is 525. The van der Waals surface area contributed by atoms with Gasteiger partial charge in [-0.2, -0.15) is 11.3 Å². The Hall–Kier alpha value is -1.68. The van der Waals surface area contributed by atoms with E-state index in [0.717, 1.165) is 24.1 Å². The summed E-state index contributed by atoms with van der Waals surface area (Å²) in [5.41, 5.74) is 2.03. The third-order valence-electron chi connectivity index (χ3n) is 3.29. The summed E-state index contributed by atoms with van der Waals surface area (Å²) in [6, 6.07) is 5.87. The van der Waals surface area contributed by atoms with E-state index in [1.807, 2.05) is 29.3 Å². The number of pyridine rings is 1. The van der Waals surface area contributed by atoms with Crippen molar-refractivity contribution in [2.24, 2.45) is 5.92 Å². The van der Waals surface area contributed by atoms with E-state index in [1.54, 1.807) is 23.7 Å². The van der Waals surface area contributed by atoms with Crippen molar-refractivity contribution in [2.45, 2.75) is 33.2 Å². The van der Waals surface area contributed by atoms with Gasteiger partial charge in [0.15, 0.2) is 0 Å². The molecule has 1 amide bonds. The molecule has 1 unspecified atom stereocenters. The highest BCUT2D eigenvalue weighted by Gasteiger charge is 2.21. The van der Waals surface area contributed by atoms with Crippen LogP contribution < -0.4 is 4.90 Å². The van der Waals surface area contributed by atoms with Crippen molar-refractivity contribution in [1.29, 1.82) is 0 Å². The number of hydrogen-bond donors (Lipinski definition) is 0. The van der Waals surface area contributed by atoms with Crippen LogP contribution in [0.25, 0.3) is 0 Å². The number of nitrogens with zero attached hydrogens (tertiary/aromatic N) is 2. The Morgan fingerprint density at radius 3 is 2.90 bits per heavy atom. The van der Waals surface area contributed by atoms with Gasteiger partial charge in [-0.25, -0.2) is 0 Å². The number of hydrogen-bond acceptors (Lipinski definition) is 3. The highest BCUT2D eigenvalue weighted by atomic mass is 32.1. The Kier molecular flexibility index (Phi) is 5.30. The second-order valence-corrected chi connectivity index (χ2v) is 5.74. The molecule has 0 fully saturated rings. The van der Waals surface area contributed by atoms with Crippen LogP contribution in [0.4, 0.5) is 5.69 Å². The molecule has 0 aliphatic carbocycles. The molecule has 0 N–H and O–H groups in total. The van der Waals surface area contributed by atoms with Gasteiger partial charge >= 0.3 is 0 Å². The van der Waals surface area contributed by atoms with Crippen LogP contribution in [-0.4, -0.2) is 10.9 Å². The molecular weight excluding hydrogens is 268 g/mol. The first-order valence-electron chi connectivity index (χ1n) is 6.95. The summed E-state index contributed by atoms with van der Waals surface area (Å²) in [4.78, 5) is 18.6. The number of carbonyl (C=O) groups excluding carboxylic acids is 1. The molecule has 0 saturated heterocycles. The fourth-order valence-corrected chi connectivity index (χ4v) is 2.86. The fraction of sp³-hybridized carbons (Fsp3) is 0.375. The molecule has 0 saturated carbocycles. The smallest absolute Gasteiger partial charge is 0.230 e. The monoisotopic (exact) mass is 288 g/mol. The van der Waals surface area contributed by atoms with Gasteiger partial charge < -0.3 is 4.90 Å². The molecule has 106 valence electrons. The van der Waals surface area contributed by atoms with Gasteiger partial charge in [0.2, 0.25) is 5.91 Å². The topological polar surface area (TPSA) is 33.2 Å². The number of anilines is 1. The maximum Gasteiger partial charge on any atom is 0.230 e. The van der Waals surface area contributed by atoms with Gasteiger partial charge in [-0.1, -0.05) is 20.3 Å². The summed E-state index contributed by atoms with van der Waals surface area (Å²) < 4.78 is 0. The lowest BCUT2D eigenvalue weighted by molar-refractivity contribution is -0.122. The predicted molar refractivity (Wildman–Crippen MR) is 83.8 cm³/mol. The van der Waals surface area contributed by atoms with Crippen LogP contribution in [0.5, 0.6) is 0 Å². The molecule has 4 heteroatoms. The number of carbonyl (C=O) groups is 1. The molecule has 0 radical (unpaired) electrons. The van der Waals surface area contributed by atoms with E-state index >= 15 is 0 Å². The van der Waals surface area contributed by atoms with Crippen LogP contribution in [0.3, 0.4) is 0 Å². The minimum atomic E-state index is 0.0406. The zero-order valence-electron chi connectivity index (χ0n) is 12.0. The summed E-state index contributed by atoms with van der Waals surface area (Å²) in [6.07, 6.45) is 5.42. The Balaban J connectivity index is 2.22. The van der Waals surface area contributed by atoms with E-state index in [2.05, 4.69) is 23.4 Å². The molecule has 2 rings (SSSR count). The van der Waals surface area contributed by atoms with Gasteiger partial charge in [-0.15, -0.1) is 0 Å². The minimum absolute atomic E-state index is 0.0406. The van der Waals surface area contributed by atoms with Crippen molar-refractivity contribution in [3.8, 4) is 0 Å². The average Bonchev–Trinajstić information content (AvgIpc) is 2.98. The normalized spacial score (nSPS) is 12.1. The van der Waals surface area contributed by atoms with E-state index in [0.29, 0.717) is 6.54 Å².